The Labute approximate surface area is 146 Å². The van der Waals surface area contributed by atoms with E-state index in [2.05, 4.69) is 62.4 Å². The molecule has 0 aliphatic heterocycles. The second kappa shape index (κ2) is 7.02. The zero-order valence-electron chi connectivity index (χ0n) is 12.4. The van der Waals surface area contributed by atoms with Gasteiger partial charge in [0.25, 0.3) is 5.91 Å². The third kappa shape index (κ3) is 4.24. The predicted octanol–water partition coefficient (Wildman–Crippen LogP) is 4.45. The molecule has 0 unspecified atom stereocenters. The molecule has 1 amide bonds. The molecule has 23 heavy (non-hydrogen) atoms. The molecule has 2 heterocycles. The average Bonchev–Trinajstić information content (AvgIpc) is 2.94. The molecule has 3 aromatic rings. The van der Waals surface area contributed by atoms with Crippen LogP contribution in [0.2, 0.25) is 0 Å². The van der Waals surface area contributed by atoms with Crippen molar-refractivity contribution in [3.05, 3.63) is 75.0 Å². The fourth-order valence-electron chi connectivity index (χ4n) is 2.18. The predicted molar refractivity (Wildman–Crippen MR) is 96.0 cm³/mol. The lowest BCUT2D eigenvalue weighted by atomic mass is 10.1. The SMILES string of the molecule is Cc1cccc(Cc2cnc(NC(=O)c3cncc(Br)c3)s2)c1. The van der Waals surface area contributed by atoms with Crippen molar-refractivity contribution in [1.82, 2.24) is 9.97 Å². The maximum absolute atomic E-state index is 12.2. The molecule has 1 aromatic carbocycles. The van der Waals surface area contributed by atoms with Crippen LogP contribution in [-0.2, 0) is 6.42 Å². The first-order valence-corrected chi connectivity index (χ1v) is 8.63. The maximum Gasteiger partial charge on any atom is 0.259 e. The Morgan fingerprint density at radius 2 is 2.13 bits per heavy atom. The molecule has 2 aromatic heterocycles. The van der Waals surface area contributed by atoms with E-state index in [1.54, 1.807) is 12.3 Å². The summed E-state index contributed by atoms with van der Waals surface area (Å²) < 4.78 is 0.768. The quantitative estimate of drug-likeness (QED) is 0.719. The van der Waals surface area contributed by atoms with Gasteiger partial charge in [0.1, 0.15) is 0 Å². The van der Waals surface area contributed by atoms with Crippen molar-refractivity contribution < 1.29 is 4.79 Å². The van der Waals surface area contributed by atoms with E-state index in [-0.39, 0.29) is 5.91 Å². The van der Waals surface area contributed by atoms with Crippen molar-refractivity contribution in [2.75, 3.05) is 5.32 Å². The molecule has 0 aliphatic rings. The number of carbonyl (C=O) groups excluding carboxylic acids is 1. The molecule has 4 nitrogen and oxygen atoms in total. The zero-order valence-corrected chi connectivity index (χ0v) is 14.8. The summed E-state index contributed by atoms with van der Waals surface area (Å²) in [6.45, 7) is 2.08. The van der Waals surface area contributed by atoms with E-state index < -0.39 is 0 Å². The van der Waals surface area contributed by atoms with Gasteiger partial charge in [-0.2, -0.15) is 0 Å². The molecule has 0 atom stereocenters. The van der Waals surface area contributed by atoms with Crippen molar-refractivity contribution in [3.8, 4) is 0 Å². The van der Waals surface area contributed by atoms with Crippen LogP contribution in [0.1, 0.15) is 26.4 Å². The third-order valence-electron chi connectivity index (χ3n) is 3.20. The number of nitrogens with zero attached hydrogens (tertiary/aromatic N) is 2. The summed E-state index contributed by atoms with van der Waals surface area (Å²) in [5.41, 5.74) is 2.97. The number of anilines is 1. The van der Waals surface area contributed by atoms with Gasteiger partial charge < -0.3 is 0 Å². The number of aryl methyl sites for hydroxylation is 1. The van der Waals surface area contributed by atoms with Gasteiger partial charge in [-0.15, -0.1) is 11.3 Å². The Morgan fingerprint density at radius 3 is 2.91 bits per heavy atom. The van der Waals surface area contributed by atoms with Gasteiger partial charge in [0.05, 0.1) is 5.56 Å². The number of nitrogens with one attached hydrogen (secondary N) is 1. The van der Waals surface area contributed by atoms with Crippen molar-refractivity contribution >= 4 is 38.3 Å². The molecule has 0 radical (unpaired) electrons. The van der Waals surface area contributed by atoms with E-state index in [0.717, 1.165) is 15.8 Å². The Kier molecular flexibility index (Phi) is 4.83. The van der Waals surface area contributed by atoms with E-state index >= 15 is 0 Å². The van der Waals surface area contributed by atoms with Crippen LogP contribution >= 0.6 is 27.3 Å². The van der Waals surface area contributed by atoms with E-state index in [9.17, 15) is 4.79 Å². The maximum atomic E-state index is 12.2. The number of rotatable bonds is 4. The number of amides is 1. The molecule has 0 aliphatic carbocycles. The molecule has 0 saturated carbocycles. The first-order chi connectivity index (χ1) is 11.1. The molecule has 0 saturated heterocycles. The third-order valence-corrected chi connectivity index (χ3v) is 4.55. The molecule has 0 bridgehead atoms. The Hall–Kier alpha value is -2.05. The number of halogens is 1. The van der Waals surface area contributed by atoms with Crippen molar-refractivity contribution in [2.45, 2.75) is 13.3 Å². The van der Waals surface area contributed by atoms with E-state index in [1.807, 2.05) is 6.20 Å². The van der Waals surface area contributed by atoms with Crippen molar-refractivity contribution in [2.24, 2.45) is 0 Å². The smallest absolute Gasteiger partial charge is 0.259 e. The fourth-order valence-corrected chi connectivity index (χ4v) is 3.38. The number of hydrogen-bond acceptors (Lipinski definition) is 4. The zero-order chi connectivity index (χ0) is 16.2. The highest BCUT2D eigenvalue weighted by Crippen LogP contribution is 2.22. The molecule has 0 fully saturated rings. The van der Waals surface area contributed by atoms with E-state index in [1.165, 1.54) is 28.7 Å². The van der Waals surface area contributed by atoms with Crippen LogP contribution in [0.3, 0.4) is 0 Å². The van der Waals surface area contributed by atoms with Crippen LogP contribution in [0.25, 0.3) is 0 Å². The second-order valence-corrected chi connectivity index (χ2v) is 7.17. The Balaban J connectivity index is 1.68. The monoisotopic (exact) mass is 387 g/mol. The molecule has 0 spiro atoms. The van der Waals surface area contributed by atoms with Gasteiger partial charge in [0.15, 0.2) is 5.13 Å². The van der Waals surface area contributed by atoms with Crippen LogP contribution in [0, 0.1) is 6.92 Å². The number of aromatic nitrogens is 2. The summed E-state index contributed by atoms with van der Waals surface area (Å²) in [5.74, 6) is -0.213. The molecular weight excluding hydrogens is 374 g/mol. The van der Waals surface area contributed by atoms with Crippen molar-refractivity contribution in [1.29, 1.82) is 0 Å². The van der Waals surface area contributed by atoms with Crippen LogP contribution in [0.15, 0.2) is 53.4 Å². The topological polar surface area (TPSA) is 54.9 Å². The highest BCUT2D eigenvalue weighted by atomic mass is 79.9. The fraction of sp³-hybridized carbons (Fsp3) is 0.118. The largest absolute Gasteiger partial charge is 0.298 e. The minimum atomic E-state index is -0.213. The van der Waals surface area contributed by atoms with E-state index in [4.69, 9.17) is 0 Å². The molecule has 3 rings (SSSR count). The normalized spacial score (nSPS) is 10.5. The van der Waals surface area contributed by atoms with Gasteiger partial charge in [-0.25, -0.2) is 4.98 Å². The van der Waals surface area contributed by atoms with Crippen LogP contribution < -0.4 is 5.32 Å². The van der Waals surface area contributed by atoms with Gasteiger partial charge in [-0.1, -0.05) is 29.8 Å². The summed E-state index contributed by atoms with van der Waals surface area (Å²) in [4.78, 5) is 21.6. The summed E-state index contributed by atoms with van der Waals surface area (Å²) >= 11 is 4.79. The van der Waals surface area contributed by atoms with E-state index in [0.29, 0.717) is 10.7 Å². The lowest BCUT2D eigenvalue weighted by molar-refractivity contribution is 0.102. The number of benzene rings is 1. The van der Waals surface area contributed by atoms with Gasteiger partial charge in [0, 0.05) is 34.4 Å². The average molecular weight is 388 g/mol. The molecular formula is C17H14BrN3OS. The second-order valence-electron chi connectivity index (χ2n) is 5.14. The lowest BCUT2D eigenvalue weighted by Crippen LogP contribution is -2.11. The molecule has 116 valence electrons. The highest BCUT2D eigenvalue weighted by Gasteiger charge is 2.10. The van der Waals surface area contributed by atoms with Crippen molar-refractivity contribution in [3.63, 3.8) is 0 Å². The molecule has 6 heteroatoms. The Bertz CT molecular complexity index is 847. The van der Waals surface area contributed by atoms with Crippen LogP contribution in [0.4, 0.5) is 5.13 Å². The summed E-state index contributed by atoms with van der Waals surface area (Å²) in [5, 5.41) is 3.41. The first kappa shape index (κ1) is 15.8. The highest BCUT2D eigenvalue weighted by molar-refractivity contribution is 9.10. The van der Waals surface area contributed by atoms with Gasteiger partial charge >= 0.3 is 0 Å². The number of thiazole rings is 1. The van der Waals surface area contributed by atoms with Gasteiger partial charge in [-0.05, 0) is 34.5 Å². The summed E-state index contributed by atoms with van der Waals surface area (Å²) in [7, 11) is 0. The van der Waals surface area contributed by atoms with Gasteiger partial charge in [0.2, 0.25) is 0 Å². The summed E-state index contributed by atoms with van der Waals surface area (Å²) in [6.07, 6.45) is 5.79. The lowest BCUT2D eigenvalue weighted by Gasteiger charge is -2.01. The number of pyridine rings is 1. The first-order valence-electron chi connectivity index (χ1n) is 7.02. The summed E-state index contributed by atoms with van der Waals surface area (Å²) in [6, 6.07) is 10.1. The Morgan fingerprint density at radius 1 is 1.26 bits per heavy atom. The minimum Gasteiger partial charge on any atom is -0.298 e. The van der Waals surface area contributed by atoms with Gasteiger partial charge in [-0.3, -0.25) is 15.1 Å². The number of carbonyl (C=O) groups is 1. The van der Waals surface area contributed by atoms with Crippen LogP contribution in [-0.4, -0.2) is 15.9 Å². The minimum absolute atomic E-state index is 0.213. The standard InChI is InChI=1S/C17H14BrN3OS/c1-11-3-2-4-12(5-11)6-15-10-20-17(23-15)21-16(22)13-7-14(18)9-19-8-13/h2-5,7-10H,6H2,1H3,(H,20,21,22). The molecule has 1 N–H and O–H groups in total. The van der Waals surface area contributed by atoms with Crippen LogP contribution in [0.5, 0.6) is 0 Å². The number of hydrogen-bond donors (Lipinski definition) is 1.